The van der Waals surface area contributed by atoms with Crippen LogP contribution >= 0.6 is 0 Å². The molecule has 2 aromatic heterocycles. The predicted molar refractivity (Wildman–Crippen MR) is 93.8 cm³/mol. The highest BCUT2D eigenvalue weighted by Gasteiger charge is 2.19. The maximum absolute atomic E-state index is 11.2. The molecule has 132 valence electrons. The molecule has 0 aliphatic carbocycles. The fourth-order valence-electron chi connectivity index (χ4n) is 3.03. The Morgan fingerprint density at radius 1 is 1.19 bits per heavy atom. The number of aldehydes is 1. The molecular formula is C18H16N4O4. The number of aromatic carboxylic acids is 1. The zero-order valence-corrected chi connectivity index (χ0v) is 13.8. The van der Waals surface area contributed by atoms with Crippen LogP contribution in [-0.4, -0.2) is 58.0 Å². The highest BCUT2D eigenvalue weighted by molar-refractivity contribution is 5.88. The van der Waals surface area contributed by atoms with Crippen LogP contribution in [0.3, 0.4) is 0 Å². The largest absolute Gasteiger partial charge is 0.478 e. The second-order valence-corrected chi connectivity index (χ2v) is 5.93. The maximum Gasteiger partial charge on any atom is 0.335 e. The number of carboxylic acid groups (broad SMARTS) is 1. The molecule has 1 aromatic carbocycles. The third kappa shape index (κ3) is 2.80. The number of fused-ring (bicyclic) bond motifs is 1. The van der Waals surface area contributed by atoms with Crippen molar-refractivity contribution >= 4 is 23.7 Å². The van der Waals surface area contributed by atoms with Crippen molar-refractivity contribution in [2.45, 2.75) is 0 Å². The molecule has 0 saturated carbocycles. The fourth-order valence-corrected chi connectivity index (χ4v) is 3.03. The molecule has 3 aromatic rings. The van der Waals surface area contributed by atoms with Crippen molar-refractivity contribution in [1.29, 1.82) is 0 Å². The van der Waals surface area contributed by atoms with Crippen molar-refractivity contribution < 1.29 is 19.4 Å². The average molecular weight is 352 g/mol. The van der Waals surface area contributed by atoms with Crippen molar-refractivity contribution in [3.05, 3.63) is 47.9 Å². The number of hydrogen-bond acceptors (Lipinski definition) is 6. The zero-order chi connectivity index (χ0) is 18.1. The molecule has 1 aliphatic heterocycles. The first-order chi connectivity index (χ1) is 12.7. The highest BCUT2D eigenvalue weighted by atomic mass is 16.5. The van der Waals surface area contributed by atoms with Gasteiger partial charge >= 0.3 is 5.97 Å². The summed E-state index contributed by atoms with van der Waals surface area (Å²) < 4.78 is 7.20. The van der Waals surface area contributed by atoms with Crippen LogP contribution in [0.15, 0.2) is 36.7 Å². The van der Waals surface area contributed by atoms with Gasteiger partial charge in [0.05, 0.1) is 30.7 Å². The van der Waals surface area contributed by atoms with Crippen LogP contribution in [0.5, 0.6) is 0 Å². The number of benzene rings is 1. The Hall–Kier alpha value is -3.26. The van der Waals surface area contributed by atoms with Crippen LogP contribution < -0.4 is 4.90 Å². The molecule has 0 spiro atoms. The van der Waals surface area contributed by atoms with Gasteiger partial charge in [0.1, 0.15) is 5.69 Å². The lowest BCUT2D eigenvalue weighted by Crippen LogP contribution is -2.37. The van der Waals surface area contributed by atoms with E-state index in [1.165, 1.54) is 12.1 Å². The van der Waals surface area contributed by atoms with Crippen molar-refractivity contribution in [3.8, 4) is 11.3 Å². The normalized spacial score (nSPS) is 14.5. The number of hydrogen-bond donors (Lipinski definition) is 1. The third-order valence-corrected chi connectivity index (χ3v) is 4.35. The number of nitrogens with zero attached hydrogens (tertiary/aromatic N) is 4. The average Bonchev–Trinajstić information content (AvgIpc) is 3.12. The molecule has 1 aliphatic rings. The standard InChI is InChI=1S/C18H16N4O4/c23-11-14-10-22-15(12-1-3-13(4-2-12)18(24)25)9-19-16(17(22)20-14)21-5-7-26-8-6-21/h1-4,9-11H,5-8H2,(H,24,25). The Morgan fingerprint density at radius 3 is 2.58 bits per heavy atom. The van der Waals surface area contributed by atoms with Gasteiger partial charge in [0.15, 0.2) is 17.8 Å². The molecule has 1 saturated heterocycles. The number of carbonyl (C=O) groups is 2. The Kier molecular flexibility index (Phi) is 4.10. The Labute approximate surface area is 148 Å². The summed E-state index contributed by atoms with van der Waals surface area (Å²) >= 11 is 0. The summed E-state index contributed by atoms with van der Waals surface area (Å²) in [7, 11) is 0. The molecule has 26 heavy (non-hydrogen) atoms. The topological polar surface area (TPSA) is 97.0 Å². The van der Waals surface area contributed by atoms with Gasteiger partial charge in [-0.1, -0.05) is 12.1 Å². The molecule has 0 atom stereocenters. The predicted octanol–water partition coefficient (Wildman–Crippen LogP) is 1.74. The highest BCUT2D eigenvalue weighted by Crippen LogP contribution is 2.26. The lowest BCUT2D eigenvalue weighted by molar-refractivity contribution is 0.0696. The van der Waals surface area contributed by atoms with E-state index in [0.717, 1.165) is 11.3 Å². The third-order valence-electron chi connectivity index (χ3n) is 4.35. The van der Waals surface area contributed by atoms with Crippen LogP contribution in [0.25, 0.3) is 16.9 Å². The number of morpholine rings is 1. The van der Waals surface area contributed by atoms with E-state index >= 15 is 0 Å². The molecule has 3 heterocycles. The summed E-state index contributed by atoms with van der Waals surface area (Å²) in [5, 5.41) is 9.05. The Bertz CT molecular complexity index is 975. The number of aromatic nitrogens is 3. The fraction of sp³-hybridized carbons (Fsp3) is 0.222. The SMILES string of the molecule is O=Cc1cn2c(-c3ccc(C(=O)O)cc3)cnc(N3CCOCC3)c2n1. The minimum atomic E-state index is -0.978. The number of ether oxygens (including phenoxy) is 1. The van der Waals surface area contributed by atoms with Crippen molar-refractivity contribution in [2.24, 2.45) is 0 Å². The van der Waals surface area contributed by atoms with Gasteiger partial charge in [0, 0.05) is 24.8 Å². The first-order valence-corrected chi connectivity index (χ1v) is 8.17. The number of anilines is 1. The van der Waals surface area contributed by atoms with E-state index in [9.17, 15) is 9.59 Å². The van der Waals surface area contributed by atoms with E-state index in [1.54, 1.807) is 24.5 Å². The molecule has 1 N–H and O–H groups in total. The van der Waals surface area contributed by atoms with Gasteiger partial charge in [0.2, 0.25) is 0 Å². The summed E-state index contributed by atoms with van der Waals surface area (Å²) in [6.07, 6.45) is 4.08. The number of rotatable bonds is 4. The van der Waals surface area contributed by atoms with Gasteiger partial charge in [-0.3, -0.25) is 9.20 Å². The van der Waals surface area contributed by atoms with Gasteiger partial charge in [-0.2, -0.15) is 0 Å². The van der Waals surface area contributed by atoms with E-state index < -0.39 is 5.97 Å². The summed E-state index contributed by atoms with van der Waals surface area (Å²) in [6, 6.07) is 6.51. The molecule has 0 bridgehead atoms. The molecule has 4 rings (SSSR count). The summed E-state index contributed by atoms with van der Waals surface area (Å²) in [6.45, 7) is 2.65. The number of carbonyl (C=O) groups excluding carboxylic acids is 1. The smallest absolute Gasteiger partial charge is 0.335 e. The van der Waals surface area contributed by atoms with Gasteiger partial charge in [-0.15, -0.1) is 0 Å². The summed E-state index contributed by atoms with van der Waals surface area (Å²) in [5.74, 6) is -0.277. The van der Waals surface area contributed by atoms with Crippen LogP contribution in [0, 0.1) is 0 Å². The molecule has 8 nitrogen and oxygen atoms in total. The monoisotopic (exact) mass is 352 g/mol. The first-order valence-electron chi connectivity index (χ1n) is 8.17. The van der Waals surface area contributed by atoms with E-state index in [1.807, 2.05) is 4.40 Å². The molecular weight excluding hydrogens is 336 g/mol. The van der Waals surface area contributed by atoms with E-state index in [0.29, 0.717) is 49.7 Å². The van der Waals surface area contributed by atoms with E-state index in [2.05, 4.69) is 14.9 Å². The Balaban J connectivity index is 1.84. The van der Waals surface area contributed by atoms with Crippen LogP contribution in [0.1, 0.15) is 20.8 Å². The van der Waals surface area contributed by atoms with Crippen LogP contribution in [0.4, 0.5) is 5.82 Å². The number of carboxylic acids is 1. The summed E-state index contributed by atoms with van der Waals surface area (Å²) in [5.41, 5.74) is 2.64. The number of imidazole rings is 1. The van der Waals surface area contributed by atoms with E-state index in [-0.39, 0.29) is 5.56 Å². The van der Waals surface area contributed by atoms with Gasteiger partial charge in [-0.25, -0.2) is 14.8 Å². The van der Waals surface area contributed by atoms with Crippen molar-refractivity contribution in [2.75, 3.05) is 31.2 Å². The molecule has 8 heteroatoms. The van der Waals surface area contributed by atoms with E-state index in [4.69, 9.17) is 9.84 Å². The van der Waals surface area contributed by atoms with Crippen LogP contribution in [0.2, 0.25) is 0 Å². The minimum absolute atomic E-state index is 0.210. The minimum Gasteiger partial charge on any atom is -0.478 e. The molecule has 0 amide bonds. The molecule has 1 fully saturated rings. The van der Waals surface area contributed by atoms with Crippen molar-refractivity contribution in [1.82, 2.24) is 14.4 Å². The summed E-state index contributed by atoms with van der Waals surface area (Å²) in [4.78, 5) is 33.3. The Morgan fingerprint density at radius 2 is 1.92 bits per heavy atom. The lowest BCUT2D eigenvalue weighted by Gasteiger charge is -2.28. The maximum atomic E-state index is 11.2. The van der Waals surface area contributed by atoms with Crippen molar-refractivity contribution in [3.63, 3.8) is 0 Å². The molecule has 0 radical (unpaired) electrons. The van der Waals surface area contributed by atoms with Gasteiger partial charge in [-0.05, 0) is 12.1 Å². The van der Waals surface area contributed by atoms with Gasteiger partial charge in [0.25, 0.3) is 0 Å². The van der Waals surface area contributed by atoms with Gasteiger partial charge < -0.3 is 14.7 Å². The quantitative estimate of drug-likeness (QED) is 0.714. The second-order valence-electron chi connectivity index (χ2n) is 5.93. The zero-order valence-electron chi connectivity index (χ0n) is 13.8. The molecule has 0 unspecified atom stereocenters. The first kappa shape index (κ1) is 16.2. The van der Waals surface area contributed by atoms with Crippen LogP contribution in [-0.2, 0) is 4.74 Å². The second kappa shape index (κ2) is 6.57. The lowest BCUT2D eigenvalue weighted by atomic mass is 10.1.